The summed E-state index contributed by atoms with van der Waals surface area (Å²) in [6.07, 6.45) is 9.63. The van der Waals surface area contributed by atoms with Gasteiger partial charge in [0, 0.05) is 37.2 Å². The van der Waals surface area contributed by atoms with Gasteiger partial charge in [0.2, 0.25) is 0 Å². The van der Waals surface area contributed by atoms with Crippen molar-refractivity contribution in [3.8, 4) is 17.2 Å². The predicted molar refractivity (Wildman–Crippen MR) is 122 cm³/mol. The van der Waals surface area contributed by atoms with E-state index < -0.39 is 0 Å². The summed E-state index contributed by atoms with van der Waals surface area (Å²) in [6, 6.07) is 14.0. The van der Waals surface area contributed by atoms with Crippen LogP contribution in [0.5, 0.6) is 0 Å². The second-order valence-corrected chi connectivity index (χ2v) is 8.11. The van der Waals surface area contributed by atoms with Gasteiger partial charge >= 0.3 is 0 Å². The highest BCUT2D eigenvalue weighted by Crippen LogP contribution is 2.27. The molecule has 0 saturated heterocycles. The Kier molecular flexibility index (Phi) is 5.54. The minimum absolute atomic E-state index is 0.130. The molecule has 0 unspecified atom stereocenters. The summed E-state index contributed by atoms with van der Waals surface area (Å²) in [7, 11) is 0. The van der Waals surface area contributed by atoms with E-state index in [1.807, 2.05) is 48.0 Å². The monoisotopic (exact) mass is 426 g/mol. The van der Waals surface area contributed by atoms with E-state index >= 15 is 0 Å². The minimum atomic E-state index is -0.130. The van der Waals surface area contributed by atoms with Crippen LogP contribution < -0.4 is 5.32 Å². The molecule has 162 valence electrons. The van der Waals surface area contributed by atoms with Gasteiger partial charge in [0.15, 0.2) is 0 Å². The third-order valence-corrected chi connectivity index (χ3v) is 5.95. The van der Waals surface area contributed by atoms with Crippen LogP contribution in [-0.2, 0) is 19.5 Å². The van der Waals surface area contributed by atoms with Gasteiger partial charge in [-0.1, -0.05) is 36.8 Å². The van der Waals surface area contributed by atoms with E-state index in [1.54, 1.807) is 12.4 Å². The van der Waals surface area contributed by atoms with Crippen molar-refractivity contribution in [2.24, 2.45) is 0 Å². The first kappa shape index (κ1) is 20.2. The number of benzene rings is 1. The number of carbonyl (C=O) groups is 1. The number of rotatable bonds is 5. The van der Waals surface area contributed by atoms with E-state index in [-0.39, 0.29) is 5.91 Å². The largest absolute Gasteiger partial charge is 0.347 e. The van der Waals surface area contributed by atoms with Crippen molar-refractivity contribution >= 4 is 5.91 Å². The summed E-state index contributed by atoms with van der Waals surface area (Å²) in [5, 5.41) is 3.07. The van der Waals surface area contributed by atoms with Gasteiger partial charge in [-0.25, -0.2) is 15.0 Å². The van der Waals surface area contributed by atoms with Gasteiger partial charge in [0.1, 0.15) is 23.2 Å². The Morgan fingerprint density at radius 1 is 1.06 bits per heavy atom. The molecule has 7 nitrogen and oxygen atoms in total. The van der Waals surface area contributed by atoms with Gasteiger partial charge in [-0.15, -0.1) is 0 Å². The van der Waals surface area contributed by atoms with Crippen LogP contribution in [0.1, 0.15) is 46.8 Å². The first-order valence-electron chi connectivity index (χ1n) is 11.1. The van der Waals surface area contributed by atoms with Crippen molar-refractivity contribution in [2.45, 2.75) is 45.7 Å². The van der Waals surface area contributed by atoms with E-state index in [0.29, 0.717) is 12.2 Å². The van der Waals surface area contributed by atoms with E-state index in [9.17, 15) is 4.79 Å². The Labute approximate surface area is 187 Å². The van der Waals surface area contributed by atoms with Crippen molar-refractivity contribution in [2.75, 3.05) is 0 Å². The van der Waals surface area contributed by atoms with Crippen LogP contribution in [0.3, 0.4) is 0 Å². The van der Waals surface area contributed by atoms with Crippen molar-refractivity contribution < 1.29 is 4.79 Å². The molecule has 0 spiro atoms. The van der Waals surface area contributed by atoms with E-state index in [1.165, 1.54) is 6.42 Å². The Bertz CT molecular complexity index is 1240. The number of fused-ring (bicyclic) bond motifs is 1. The van der Waals surface area contributed by atoms with Gasteiger partial charge in [-0.05, 0) is 43.9 Å². The molecule has 4 heterocycles. The summed E-state index contributed by atoms with van der Waals surface area (Å²) in [6.45, 7) is 3.25. The molecule has 5 rings (SSSR count). The molecular weight excluding hydrogens is 400 g/mol. The number of aryl methyl sites for hydroxylation is 1. The molecule has 0 bridgehead atoms. The van der Waals surface area contributed by atoms with Crippen LogP contribution in [0.15, 0.2) is 61.1 Å². The maximum absolute atomic E-state index is 13.2. The fourth-order valence-corrected chi connectivity index (χ4v) is 4.30. The molecular formula is C25H26N6O. The molecule has 1 aliphatic rings. The number of nitrogens with one attached hydrogen (secondary N) is 1. The predicted octanol–water partition coefficient (Wildman–Crippen LogP) is 4.10. The number of hydrogen-bond acceptors (Lipinski definition) is 4. The molecule has 3 aromatic heterocycles. The molecule has 7 heteroatoms. The first-order chi connectivity index (χ1) is 15.7. The lowest BCUT2D eigenvalue weighted by atomic mass is 10.1. The van der Waals surface area contributed by atoms with Gasteiger partial charge in [-0.2, -0.15) is 0 Å². The summed E-state index contributed by atoms with van der Waals surface area (Å²) in [5.41, 5.74) is 3.61. The third-order valence-electron chi connectivity index (χ3n) is 5.95. The van der Waals surface area contributed by atoms with Crippen molar-refractivity contribution in [1.29, 1.82) is 0 Å². The highest BCUT2D eigenvalue weighted by molar-refractivity contribution is 5.94. The standard InChI is InChI=1S/C25H26N6O/c1-18-26-13-15-30(18)22-16-19(11-12-27-22)17-28-25(32)23-21-10-6-3-7-14-31(21)24(29-23)20-8-4-2-5-9-20/h2,4-5,8-9,11-13,15-16H,3,6-7,10,14,17H2,1H3,(H,28,32). The molecule has 1 N–H and O–H groups in total. The summed E-state index contributed by atoms with van der Waals surface area (Å²) in [5.74, 6) is 2.41. The lowest BCUT2D eigenvalue weighted by Crippen LogP contribution is -2.24. The quantitative estimate of drug-likeness (QED) is 0.521. The smallest absolute Gasteiger partial charge is 0.272 e. The Hall–Kier alpha value is -3.74. The molecule has 1 amide bonds. The van der Waals surface area contributed by atoms with Crippen LogP contribution in [0.2, 0.25) is 0 Å². The number of aromatic nitrogens is 5. The summed E-state index contributed by atoms with van der Waals surface area (Å²) in [4.78, 5) is 26.7. The van der Waals surface area contributed by atoms with Crippen molar-refractivity contribution in [3.05, 3.63) is 83.8 Å². The van der Waals surface area contributed by atoms with Gasteiger partial charge in [-0.3, -0.25) is 9.36 Å². The fourth-order valence-electron chi connectivity index (χ4n) is 4.30. The molecule has 0 saturated carbocycles. The van der Waals surface area contributed by atoms with Crippen LogP contribution >= 0.6 is 0 Å². The van der Waals surface area contributed by atoms with Crippen LogP contribution in [0.4, 0.5) is 0 Å². The average molecular weight is 427 g/mol. The fraction of sp³-hybridized carbons (Fsp3) is 0.280. The number of carbonyl (C=O) groups excluding carboxylic acids is 1. The maximum Gasteiger partial charge on any atom is 0.272 e. The topological polar surface area (TPSA) is 77.6 Å². The number of hydrogen-bond donors (Lipinski definition) is 1. The Morgan fingerprint density at radius 3 is 2.75 bits per heavy atom. The molecule has 4 aromatic rings. The average Bonchev–Trinajstić information content (AvgIpc) is 3.33. The molecule has 0 radical (unpaired) electrons. The number of imidazole rings is 2. The molecule has 0 atom stereocenters. The van der Waals surface area contributed by atoms with Crippen LogP contribution in [0, 0.1) is 6.92 Å². The van der Waals surface area contributed by atoms with E-state index in [2.05, 4.69) is 32.0 Å². The van der Waals surface area contributed by atoms with Crippen LogP contribution in [-0.4, -0.2) is 30.0 Å². The SMILES string of the molecule is Cc1nccn1-c1cc(CNC(=O)c2nc(-c3ccccc3)n3c2CCCCC3)ccn1. The Balaban J connectivity index is 1.39. The third kappa shape index (κ3) is 3.93. The molecule has 32 heavy (non-hydrogen) atoms. The summed E-state index contributed by atoms with van der Waals surface area (Å²) >= 11 is 0. The molecule has 0 aliphatic carbocycles. The number of nitrogens with zero attached hydrogens (tertiary/aromatic N) is 5. The second-order valence-electron chi connectivity index (χ2n) is 8.11. The van der Waals surface area contributed by atoms with Gasteiger partial charge in [0.25, 0.3) is 5.91 Å². The van der Waals surface area contributed by atoms with Crippen molar-refractivity contribution in [3.63, 3.8) is 0 Å². The van der Waals surface area contributed by atoms with Gasteiger partial charge in [0.05, 0.1) is 5.69 Å². The number of pyridine rings is 1. The summed E-state index contributed by atoms with van der Waals surface area (Å²) < 4.78 is 4.16. The van der Waals surface area contributed by atoms with E-state index in [0.717, 1.165) is 60.1 Å². The zero-order chi connectivity index (χ0) is 21.9. The highest BCUT2D eigenvalue weighted by Gasteiger charge is 2.24. The van der Waals surface area contributed by atoms with Gasteiger partial charge < -0.3 is 9.88 Å². The lowest BCUT2D eigenvalue weighted by Gasteiger charge is -2.09. The lowest BCUT2D eigenvalue weighted by molar-refractivity contribution is 0.0945. The minimum Gasteiger partial charge on any atom is -0.347 e. The molecule has 0 fully saturated rings. The molecule has 1 aromatic carbocycles. The normalized spacial score (nSPS) is 13.4. The Morgan fingerprint density at radius 2 is 1.94 bits per heavy atom. The molecule has 1 aliphatic heterocycles. The van der Waals surface area contributed by atoms with Crippen molar-refractivity contribution in [1.82, 2.24) is 29.4 Å². The maximum atomic E-state index is 13.2. The highest BCUT2D eigenvalue weighted by atomic mass is 16.1. The zero-order valence-corrected chi connectivity index (χ0v) is 18.2. The first-order valence-corrected chi connectivity index (χ1v) is 11.1. The number of amides is 1. The zero-order valence-electron chi connectivity index (χ0n) is 18.2. The second kappa shape index (κ2) is 8.78. The van der Waals surface area contributed by atoms with Crippen LogP contribution in [0.25, 0.3) is 17.2 Å². The van der Waals surface area contributed by atoms with E-state index in [4.69, 9.17) is 4.98 Å².